The molecule has 5 unspecified atom stereocenters. The number of hydrogen-bond donors (Lipinski definition) is 4. The number of nitrogens with zero attached hydrogens (tertiary/aromatic N) is 1. The van der Waals surface area contributed by atoms with Crippen LogP contribution in [-0.2, 0) is 14.2 Å². The summed E-state index contributed by atoms with van der Waals surface area (Å²) in [5.41, 5.74) is -1.54. The summed E-state index contributed by atoms with van der Waals surface area (Å²) in [6, 6.07) is 7.83. The van der Waals surface area contributed by atoms with Crippen LogP contribution in [0.5, 0.6) is 0 Å². The molecule has 1 aromatic heterocycles. The second-order valence-electron chi connectivity index (χ2n) is 6.83. The fourth-order valence-corrected chi connectivity index (χ4v) is 3.57. The number of halogens is 1. The van der Waals surface area contributed by atoms with Gasteiger partial charge < -0.3 is 34.6 Å². The van der Waals surface area contributed by atoms with Crippen LogP contribution in [0.2, 0.25) is 0 Å². The molecule has 1 fully saturated rings. The van der Waals surface area contributed by atoms with Gasteiger partial charge in [0.05, 0.1) is 26.4 Å². The summed E-state index contributed by atoms with van der Waals surface area (Å²) >= 11 is 0. The van der Waals surface area contributed by atoms with Crippen molar-refractivity contribution in [2.75, 3.05) is 20.8 Å². The Hall–Kier alpha value is -2.83. The van der Waals surface area contributed by atoms with E-state index in [-0.39, 0.29) is 5.69 Å². The first kappa shape index (κ1) is 22.8. The Morgan fingerprint density at radius 1 is 1.00 bits per heavy atom. The number of hydrogen-bond acceptors (Lipinski definition) is 9. The number of aromatic nitrogens is 1. The highest BCUT2D eigenvalue weighted by Gasteiger charge is 2.48. The van der Waals surface area contributed by atoms with Gasteiger partial charge in [-0.25, -0.2) is 14.0 Å². The van der Waals surface area contributed by atoms with Gasteiger partial charge >= 0.3 is 11.9 Å². The molecule has 11 heteroatoms. The summed E-state index contributed by atoms with van der Waals surface area (Å²) in [6.45, 7) is -0.764. The van der Waals surface area contributed by atoms with Crippen LogP contribution in [0.3, 0.4) is 0 Å². The Balaban J connectivity index is 2.33. The lowest BCUT2D eigenvalue weighted by atomic mass is 9.91. The molecule has 1 aliphatic heterocycles. The van der Waals surface area contributed by atoms with Crippen LogP contribution < -0.4 is 0 Å². The largest absolute Gasteiger partial charge is 0.464 e. The number of ether oxygens (including phenoxy) is 3. The summed E-state index contributed by atoms with van der Waals surface area (Å²) in [7, 11) is 2.06. The lowest BCUT2D eigenvalue weighted by Crippen LogP contribution is -2.55. The highest BCUT2D eigenvalue weighted by atomic mass is 19.1. The Bertz CT molecular complexity index is 959. The molecule has 0 saturated carbocycles. The van der Waals surface area contributed by atoms with E-state index in [1.807, 2.05) is 0 Å². The van der Waals surface area contributed by atoms with Gasteiger partial charge in [0.1, 0.15) is 36.2 Å². The Morgan fingerprint density at radius 3 is 2.13 bits per heavy atom. The molecule has 5 atom stereocenters. The number of para-hydroxylation sites is 1. The summed E-state index contributed by atoms with van der Waals surface area (Å²) < 4.78 is 31.5. The number of aliphatic hydroxyl groups excluding tert-OH is 4. The van der Waals surface area contributed by atoms with Gasteiger partial charge in [0.15, 0.2) is 11.5 Å². The van der Waals surface area contributed by atoms with Crippen molar-refractivity contribution in [2.45, 2.75) is 30.5 Å². The fraction of sp³-hybridized carbons (Fsp3) is 0.400. The quantitative estimate of drug-likeness (QED) is 0.461. The van der Waals surface area contributed by atoms with Crippen molar-refractivity contribution in [3.05, 3.63) is 53.1 Å². The van der Waals surface area contributed by atoms with Crippen molar-refractivity contribution in [1.29, 1.82) is 0 Å². The van der Waals surface area contributed by atoms with Gasteiger partial charge in [0, 0.05) is 5.69 Å². The summed E-state index contributed by atoms with van der Waals surface area (Å²) in [5.74, 6) is -3.44. The molecule has 1 saturated heterocycles. The predicted octanol–water partition coefficient (Wildman–Crippen LogP) is -0.296. The molecule has 1 aliphatic rings. The van der Waals surface area contributed by atoms with Gasteiger partial charge in [-0.2, -0.15) is 0 Å². The first-order chi connectivity index (χ1) is 14.8. The van der Waals surface area contributed by atoms with Crippen LogP contribution in [-0.4, -0.2) is 82.2 Å². The number of carbonyl (C=O) groups excluding carboxylic acids is 2. The lowest BCUT2D eigenvalue weighted by Gasteiger charge is -2.40. The first-order valence-electron chi connectivity index (χ1n) is 9.25. The Morgan fingerprint density at radius 2 is 1.58 bits per heavy atom. The van der Waals surface area contributed by atoms with Crippen LogP contribution in [0.4, 0.5) is 4.39 Å². The maximum absolute atomic E-state index is 15.7. The molecular weight excluding hydrogens is 417 g/mol. The van der Waals surface area contributed by atoms with E-state index in [9.17, 15) is 30.0 Å². The van der Waals surface area contributed by atoms with Gasteiger partial charge in [-0.05, 0) is 12.1 Å². The van der Waals surface area contributed by atoms with Gasteiger partial charge in [-0.3, -0.25) is 4.57 Å². The van der Waals surface area contributed by atoms with E-state index < -0.39 is 71.8 Å². The first-order valence-corrected chi connectivity index (χ1v) is 9.25. The normalized spacial score (nSPS) is 25.8. The van der Waals surface area contributed by atoms with Crippen LogP contribution in [0, 0.1) is 5.82 Å². The molecule has 0 spiro atoms. The molecule has 3 rings (SSSR count). The number of benzene rings is 1. The van der Waals surface area contributed by atoms with E-state index >= 15 is 4.39 Å². The number of methoxy groups -OCH3 is 2. The molecule has 2 heterocycles. The van der Waals surface area contributed by atoms with Gasteiger partial charge in [0.2, 0.25) is 0 Å². The second-order valence-corrected chi connectivity index (χ2v) is 6.83. The maximum Gasteiger partial charge on any atom is 0.358 e. The summed E-state index contributed by atoms with van der Waals surface area (Å²) in [6.07, 6.45) is -8.51. The van der Waals surface area contributed by atoms with Gasteiger partial charge in [-0.15, -0.1) is 0 Å². The predicted molar refractivity (Wildman–Crippen MR) is 101 cm³/mol. The zero-order chi connectivity index (χ0) is 22.9. The Kier molecular flexibility index (Phi) is 6.72. The van der Waals surface area contributed by atoms with Crippen LogP contribution in [0.25, 0.3) is 5.69 Å². The third kappa shape index (κ3) is 3.82. The van der Waals surface area contributed by atoms with E-state index in [0.717, 1.165) is 18.8 Å². The smallest absolute Gasteiger partial charge is 0.358 e. The molecule has 10 nitrogen and oxygen atoms in total. The monoisotopic (exact) mass is 439 g/mol. The minimum atomic E-state index is -1.90. The number of carbonyl (C=O) groups is 2. The van der Waals surface area contributed by atoms with E-state index in [1.165, 1.54) is 12.1 Å². The van der Waals surface area contributed by atoms with E-state index in [0.29, 0.717) is 0 Å². The SMILES string of the molecule is COC(=O)c1c(F)c(C2OC(CO)C(O)C(O)C2O)c(C(=O)OC)n1-c1ccccc1. The molecule has 0 aliphatic carbocycles. The van der Waals surface area contributed by atoms with Crippen LogP contribution in [0.1, 0.15) is 32.6 Å². The molecular formula is C20H22FNO9. The lowest BCUT2D eigenvalue weighted by molar-refractivity contribution is -0.232. The van der Waals surface area contributed by atoms with Crippen molar-refractivity contribution in [3.63, 3.8) is 0 Å². The number of esters is 2. The van der Waals surface area contributed by atoms with Crippen LogP contribution in [0.15, 0.2) is 30.3 Å². The maximum atomic E-state index is 15.7. The second kappa shape index (κ2) is 9.12. The molecule has 2 aromatic rings. The summed E-state index contributed by atoms with van der Waals surface area (Å²) in [4.78, 5) is 25.1. The average molecular weight is 439 g/mol. The molecule has 0 radical (unpaired) electrons. The fourth-order valence-electron chi connectivity index (χ4n) is 3.57. The topological polar surface area (TPSA) is 148 Å². The summed E-state index contributed by atoms with van der Waals surface area (Å²) in [5, 5.41) is 40.1. The van der Waals surface area contributed by atoms with Crippen molar-refractivity contribution >= 4 is 11.9 Å². The third-order valence-electron chi connectivity index (χ3n) is 5.10. The van der Waals surface area contributed by atoms with E-state index in [1.54, 1.807) is 18.2 Å². The van der Waals surface area contributed by atoms with Gasteiger partial charge in [-0.1, -0.05) is 18.2 Å². The van der Waals surface area contributed by atoms with Crippen molar-refractivity contribution in [3.8, 4) is 5.69 Å². The van der Waals surface area contributed by atoms with E-state index in [2.05, 4.69) is 4.74 Å². The standard InChI is InChI=1S/C20H22FNO9/c1-29-19(27)13-11(18-17(26)16(25)15(24)10(8-23)31-18)12(21)14(20(28)30-2)22(13)9-6-4-3-5-7-9/h3-7,10,15-18,23-26H,8H2,1-2H3. The molecule has 0 bridgehead atoms. The molecule has 4 N–H and O–H groups in total. The molecule has 1 aromatic carbocycles. The van der Waals surface area contributed by atoms with Gasteiger partial charge in [0.25, 0.3) is 0 Å². The number of rotatable bonds is 5. The average Bonchev–Trinajstić information content (AvgIpc) is 3.10. The van der Waals surface area contributed by atoms with E-state index in [4.69, 9.17) is 9.47 Å². The molecule has 0 amide bonds. The Labute approximate surface area is 176 Å². The minimum absolute atomic E-state index is 0.207. The van der Waals surface area contributed by atoms with Crippen molar-refractivity contribution < 1.29 is 48.6 Å². The van der Waals surface area contributed by atoms with Crippen molar-refractivity contribution in [1.82, 2.24) is 4.57 Å². The highest BCUT2D eigenvalue weighted by Crippen LogP contribution is 2.39. The van der Waals surface area contributed by atoms with Crippen LogP contribution >= 0.6 is 0 Å². The number of aliphatic hydroxyl groups is 4. The zero-order valence-corrected chi connectivity index (χ0v) is 16.6. The highest BCUT2D eigenvalue weighted by molar-refractivity contribution is 5.96. The molecule has 31 heavy (non-hydrogen) atoms. The molecule has 168 valence electrons. The third-order valence-corrected chi connectivity index (χ3v) is 5.10. The van der Waals surface area contributed by atoms with Crippen molar-refractivity contribution in [2.24, 2.45) is 0 Å². The zero-order valence-electron chi connectivity index (χ0n) is 16.6. The minimum Gasteiger partial charge on any atom is -0.464 e.